The number of carbonyl (C=O) groups excluding carboxylic acids is 1. The standard InChI is InChI=1S/C18H23FN4O2/c1-13-11-22(12-14(2)25-13)9-7-20-18(24)17-6-8-23(21-17)16-5-3-4-15(19)10-16/h3-6,8,10,13-14H,7,9,11-12H2,1-2H3,(H,20,24)/t13-,14+. The number of benzene rings is 1. The molecule has 0 spiro atoms. The van der Waals surface area contributed by atoms with Crippen LogP contribution in [0.25, 0.3) is 5.69 Å². The highest BCUT2D eigenvalue weighted by Gasteiger charge is 2.21. The van der Waals surface area contributed by atoms with Gasteiger partial charge in [0.05, 0.1) is 17.9 Å². The number of nitrogens with zero attached hydrogens (tertiary/aromatic N) is 3. The van der Waals surface area contributed by atoms with Gasteiger partial charge >= 0.3 is 0 Å². The Hall–Kier alpha value is -2.25. The summed E-state index contributed by atoms with van der Waals surface area (Å²) in [6, 6.07) is 7.71. The molecule has 0 unspecified atom stereocenters. The van der Waals surface area contributed by atoms with Crippen molar-refractivity contribution in [3.63, 3.8) is 0 Å². The van der Waals surface area contributed by atoms with Gasteiger partial charge < -0.3 is 10.1 Å². The number of hydrogen-bond acceptors (Lipinski definition) is 4. The summed E-state index contributed by atoms with van der Waals surface area (Å²) >= 11 is 0. The molecule has 0 bridgehead atoms. The van der Waals surface area contributed by atoms with Crippen LogP contribution in [0.1, 0.15) is 24.3 Å². The first kappa shape index (κ1) is 17.6. The Labute approximate surface area is 146 Å². The number of halogens is 1. The zero-order valence-corrected chi connectivity index (χ0v) is 14.5. The molecule has 1 aliphatic heterocycles. The molecule has 1 N–H and O–H groups in total. The average molecular weight is 346 g/mol. The third-order valence-electron chi connectivity index (χ3n) is 4.10. The number of hydrogen-bond donors (Lipinski definition) is 1. The van der Waals surface area contributed by atoms with E-state index in [4.69, 9.17) is 4.74 Å². The number of ether oxygens (including phenoxy) is 1. The summed E-state index contributed by atoms with van der Waals surface area (Å²) in [7, 11) is 0. The Morgan fingerprint density at radius 3 is 2.80 bits per heavy atom. The van der Waals surface area contributed by atoms with Gasteiger partial charge in [0.2, 0.25) is 0 Å². The topological polar surface area (TPSA) is 59.4 Å². The normalized spacial score (nSPS) is 21.2. The molecule has 6 nitrogen and oxygen atoms in total. The zero-order chi connectivity index (χ0) is 17.8. The lowest BCUT2D eigenvalue weighted by molar-refractivity contribution is -0.0672. The van der Waals surface area contributed by atoms with Gasteiger partial charge in [-0.05, 0) is 38.1 Å². The maximum atomic E-state index is 13.3. The number of nitrogens with one attached hydrogen (secondary N) is 1. The fourth-order valence-corrected chi connectivity index (χ4v) is 3.09. The van der Waals surface area contributed by atoms with Crippen LogP contribution in [-0.2, 0) is 4.74 Å². The predicted molar refractivity (Wildman–Crippen MR) is 92.3 cm³/mol. The summed E-state index contributed by atoms with van der Waals surface area (Å²) in [6.07, 6.45) is 2.07. The van der Waals surface area contributed by atoms with Gasteiger partial charge in [0, 0.05) is 32.4 Å². The molecule has 2 heterocycles. The van der Waals surface area contributed by atoms with E-state index in [2.05, 4.69) is 29.2 Å². The van der Waals surface area contributed by atoms with Gasteiger partial charge in [0.1, 0.15) is 5.82 Å². The Morgan fingerprint density at radius 2 is 2.08 bits per heavy atom. The van der Waals surface area contributed by atoms with Gasteiger partial charge in [0.25, 0.3) is 5.91 Å². The fraction of sp³-hybridized carbons (Fsp3) is 0.444. The summed E-state index contributed by atoms with van der Waals surface area (Å²) in [5, 5.41) is 7.10. The first-order chi connectivity index (χ1) is 12.0. The van der Waals surface area contributed by atoms with Crippen molar-refractivity contribution in [1.82, 2.24) is 20.0 Å². The minimum Gasteiger partial charge on any atom is -0.373 e. The second kappa shape index (κ2) is 7.76. The number of aromatic nitrogens is 2. The van der Waals surface area contributed by atoms with E-state index in [1.165, 1.54) is 16.8 Å². The molecular formula is C18H23FN4O2. The maximum Gasteiger partial charge on any atom is 0.271 e. The van der Waals surface area contributed by atoms with E-state index in [0.29, 0.717) is 17.9 Å². The van der Waals surface area contributed by atoms with Crippen molar-refractivity contribution in [2.75, 3.05) is 26.2 Å². The molecule has 25 heavy (non-hydrogen) atoms. The molecule has 1 aliphatic rings. The second-order valence-corrected chi connectivity index (χ2v) is 6.40. The molecular weight excluding hydrogens is 323 g/mol. The largest absolute Gasteiger partial charge is 0.373 e. The molecule has 1 aromatic heterocycles. The number of morpholine rings is 1. The molecule has 2 atom stereocenters. The van der Waals surface area contributed by atoms with Crippen molar-refractivity contribution in [2.45, 2.75) is 26.1 Å². The van der Waals surface area contributed by atoms with Crippen molar-refractivity contribution in [2.24, 2.45) is 0 Å². The Kier molecular flexibility index (Phi) is 5.45. The SMILES string of the molecule is C[C@@H]1CN(CCNC(=O)c2ccn(-c3cccc(F)c3)n2)C[C@H](C)O1. The third kappa shape index (κ3) is 4.64. The highest BCUT2D eigenvalue weighted by Crippen LogP contribution is 2.11. The minimum atomic E-state index is -0.340. The van der Waals surface area contributed by atoms with Crippen LogP contribution in [0, 0.1) is 5.82 Å². The highest BCUT2D eigenvalue weighted by atomic mass is 19.1. The summed E-state index contributed by atoms with van der Waals surface area (Å²) in [4.78, 5) is 14.5. The van der Waals surface area contributed by atoms with Crippen LogP contribution in [0.4, 0.5) is 4.39 Å². The molecule has 0 radical (unpaired) electrons. The molecule has 0 aliphatic carbocycles. The van der Waals surface area contributed by atoms with E-state index >= 15 is 0 Å². The quantitative estimate of drug-likeness (QED) is 0.898. The molecule has 2 aromatic rings. The van der Waals surface area contributed by atoms with E-state index in [-0.39, 0.29) is 23.9 Å². The van der Waals surface area contributed by atoms with Crippen molar-refractivity contribution in [3.05, 3.63) is 48.0 Å². The fourth-order valence-electron chi connectivity index (χ4n) is 3.09. The van der Waals surface area contributed by atoms with Crippen molar-refractivity contribution < 1.29 is 13.9 Å². The lowest BCUT2D eigenvalue weighted by Gasteiger charge is -2.35. The minimum absolute atomic E-state index is 0.210. The molecule has 0 saturated carbocycles. The van der Waals surface area contributed by atoms with Crippen LogP contribution in [0.15, 0.2) is 36.5 Å². The van der Waals surface area contributed by atoms with Crippen molar-refractivity contribution in [3.8, 4) is 5.69 Å². The van der Waals surface area contributed by atoms with Crippen LogP contribution >= 0.6 is 0 Å². The van der Waals surface area contributed by atoms with Crippen LogP contribution < -0.4 is 5.32 Å². The van der Waals surface area contributed by atoms with Crippen molar-refractivity contribution in [1.29, 1.82) is 0 Å². The smallest absolute Gasteiger partial charge is 0.271 e. The summed E-state index contributed by atoms with van der Waals surface area (Å²) in [6.45, 7) is 7.17. The lowest BCUT2D eigenvalue weighted by atomic mass is 10.2. The first-order valence-electron chi connectivity index (χ1n) is 8.49. The molecule has 1 amide bonds. The Balaban J connectivity index is 1.52. The summed E-state index contributed by atoms with van der Waals surface area (Å²) in [5.41, 5.74) is 0.892. The molecule has 1 fully saturated rings. The van der Waals surface area contributed by atoms with Gasteiger partial charge in [-0.25, -0.2) is 9.07 Å². The van der Waals surface area contributed by atoms with Gasteiger partial charge in [-0.15, -0.1) is 0 Å². The first-order valence-corrected chi connectivity index (χ1v) is 8.49. The molecule has 7 heteroatoms. The number of amides is 1. The highest BCUT2D eigenvalue weighted by molar-refractivity contribution is 5.92. The molecule has 134 valence electrons. The van der Waals surface area contributed by atoms with Crippen molar-refractivity contribution >= 4 is 5.91 Å². The van der Waals surface area contributed by atoms with Crippen LogP contribution in [-0.4, -0.2) is 59.0 Å². The molecule has 1 saturated heterocycles. The predicted octanol–water partition coefficient (Wildman–Crippen LogP) is 1.85. The van der Waals surface area contributed by atoms with Gasteiger partial charge in [0.15, 0.2) is 5.69 Å². The Bertz CT molecular complexity index is 723. The van der Waals surface area contributed by atoms with E-state index in [1.807, 2.05) is 0 Å². The Morgan fingerprint density at radius 1 is 1.32 bits per heavy atom. The lowest BCUT2D eigenvalue weighted by Crippen LogP contribution is -2.47. The van der Waals surface area contributed by atoms with E-state index < -0.39 is 0 Å². The molecule has 1 aromatic carbocycles. The van der Waals surface area contributed by atoms with Gasteiger partial charge in [-0.2, -0.15) is 5.10 Å². The summed E-state index contributed by atoms with van der Waals surface area (Å²) < 4.78 is 20.5. The summed E-state index contributed by atoms with van der Waals surface area (Å²) in [5.74, 6) is -0.572. The monoisotopic (exact) mass is 346 g/mol. The third-order valence-corrected chi connectivity index (χ3v) is 4.10. The van der Waals surface area contributed by atoms with Gasteiger partial charge in [-0.3, -0.25) is 9.69 Å². The van der Waals surface area contributed by atoms with Crippen LogP contribution in [0.5, 0.6) is 0 Å². The number of carbonyl (C=O) groups is 1. The van der Waals surface area contributed by atoms with Crippen LogP contribution in [0.3, 0.4) is 0 Å². The second-order valence-electron chi connectivity index (χ2n) is 6.40. The van der Waals surface area contributed by atoms with E-state index in [0.717, 1.165) is 19.6 Å². The van der Waals surface area contributed by atoms with Gasteiger partial charge in [-0.1, -0.05) is 6.07 Å². The van der Waals surface area contributed by atoms with E-state index in [9.17, 15) is 9.18 Å². The molecule has 3 rings (SSSR count). The number of rotatable bonds is 5. The zero-order valence-electron chi connectivity index (χ0n) is 14.5. The van der Waals surface area contributed by atoms with Crippen LogP contribution in [0.2, 0.25) is 0 Å². The van der Waals surface area contributed by atoms with E-state index in [1.54, 1.807) is 24.4 Å². The average Bonchev–Trinajstić information content (AvgIpc) is 3.04. The maximum absolute atomic E-state index is 13.3.